The van der Waals surface area contributed by atoms with E-state index in [9.17, 15) is 0 Å². The van der Waals surface area contributed by atoms with Gasteiger partial charge in [-0.25, -0.2) is 0 Å². The van der Waals surface area contributed by atoms with Gasteiger partial charge in [-0.15, -0.1) is 12.4 Å². The van der Waals surface area contributed by atoms with Gasteiger partial charge in [0.1, 0.15) is 5.75 Å². The highest BCUT2D eigenvalue weighted by Crippen LogP contribution is 2.35. The van der Waals surface area contributed by atoms with Crippen molar-refractivity contribution in [2.45, 2.75) is 58.9 Å². The molecule has 0 fully saturated rings. The zero-order valence-corrected chi connectivity index (χ0v) is 14.7. The second-order valence-electron chi connectivity index (χ2n) is 6.23. The van der Waals surface area contributed by atoms with Crippen LogP contribution in [0, 0.1) is 0 Å². The van der Waals surface area contributed by atoms with E-state index in [2.05, 4.69) is 33.8 Å². The molecular weight excluding hydrogens is 293 g/mol. The van der Waals surface area contributed by atoms with Gasteiger partial charge in [-0.2, -0.15) is 0 Å². The maximum atomic E-state index is 6.39. The molecule has 1 rings (SSSR count). The first-order valence-electron chi connectivity index (χ1n) is 6.97. The smallest absolute Gasteiger partial charge is 0.141 e. The summed E-state index contributed by atoms with van der Waals surface area (Å²) in [5.41, 5.74) is 8.33. The van der Waals surface area contributed by atoms with E-state index in [-0.39, 0.29) is 23.9 Å². The number of hydrogen-bond donors (Lipinski definition) is 1. The van der Waals surface area contributed by atoms with Crippen LogP contribution < -0.4 is 10.5 Å². The standard InChI is InChI=1S/C16H26ClNO.ClH/c1-6-7-19-15-12(8-11(2)18)9-13(10-14(15)17)16(3,4)5;/h9-11H,6-8,18H2,1-5H3;1H. The fourth-order valence-corrected chi connectivity index (χ4v) is 2.24. The molecule has 4 heteroatoms. The zero-order chi connectivity index (χ0) is 14.6. The van der Waals surface area contributed by atoms with E-state index >= 15 is 0 Å². The molecule has 0 amide bonds. The lowest BCUT2D eigenvalue weighted by Crippen LogP contribution is -2.20. The topological polar surface area (TPSA) is 35.2 Å². The average Bonchev–Trinajstić information content (AvgIpc) is 2.25. The lowest BCUT2D eigenvalue weighted by molar-refractivity contribution is 0.313. The van der Waals surface area contributed by atoms with Gasteiger partial charge in [0.05, 0.1) is 11.6 Å². The summed E-state index contributed by atoms with van der Waals surface area (Å²) in [6.07, 6.45) is 1.75. The number of nitrogens with two attached hydrogens (primary N) is 1. The van der Waals surface area contributed by atoms with Gasteiger partial charge in [0.15, 0.2) is 0 Å². The molecular formula is C16H27Cl2NO. The molecule has 0 saturated carbocycles. The van der Waals surface area contributed by atoms with Crippen molar-refractivity contribution in [3.05, 3.63) is 28.3 Å². The quantitative estimate of drug-likeness (QED) is 0.850. The lowest BCUT2D eigenvalue weighted by atomic mass is 9.85. The Labute approximate surface area is 134 Å². The van der Waals surface area contributed by atoms with Crippen molar-refractivity contribution in [2.75, 3.05) is 6.61 Å². The van der Waals surface area contributed by atoms with Gasteiger partial charge >= 0.3 is 0 Å². The second-order valence-corrected chi connectivity index (χ2v) is 6.63. The van der Waals surface area contributed by atoms with Crippen molar-refractivity contribution >= 4 is 24.0 Å². The summed E-state index contributed by atoms with van der Waals surface area (Å²) in [6, 6.07) is 4.28. The average molecular weight is 320 g/mol. The number of benzene rings is 1. The van der Waals surface area contributed by atoms with Gasteiger partial charge in [-0.1, -0.05) is 45.4 Å². The number of hydrogen-bond acceptors (Lipinski definition) is 2. The van der Waals surface area contributed by atoms with E-state index in [0.717, 1.165) is 24.2 Å². The maximum Gasteiger partial charge on any atom is 0.141 e. The first kappa shape index (κ1) is 19.6. The Balaban J connectivity index is 0.00000361. The van der Waals surface area contributed by atoms with Crippen LogP contribution in [-0.4, -0.2) is 12.6 Å². The van der Waals surface area contributed by atoms with Crippen LogP contribution in [0.25, 0.3) is 0 Å². The van der Waals surface area contributed by atoms with Gasteiger partial charge in [-0.05, 0) is 42.4 Å². The van der Waals surface area contributed by atoms with Crippen LogP contribution in [0.2, 0.25) is 5.02 Å². The van der Waals surface area contributed by atoms with Crippen LogP contribution in [0.3, 0.4) is 0 Å². The largest absolute Gasteiger partial charge is 0.492 e. The maximum absolute atomic E-state index is 6.39. The van der Waals surface area contributed by atoms with Crippen molar-refractivity contribution in [1.29, 1.82) is 0 Å². The van der Waals surface area contributed by atoms with E-state index in [1.807, 2.05) is 13.0 Å². The summed E-state index contributed by atoms with van der Waals surface area (Å²) in [5.74, 6) is 0.800. The van der Waals surface area contributed by atoms with Crippen LogP contribution >= 0.6 is 24.0 Å². The monoisotopic (exact) mass is 319 g/mol. The molecule has 1 unspecified atom stereocenters. The summed E-state index contributed by atoms with van der Waals surface area (Å²) in [4.78, 5) is 0. The molecule has 0 aliphatic carbocycles. The molecule has 1 aromatic rings. The third kappa shape index (κ3) is 5.51. The Kier molecular flexibility index (Phi) is 7.93. The van der Waals surface area contributed by atoms with Crippen molar-refractivity contribution in [3.8, 4) is 5.75 Å². The summed E-state index contributed by atoms with van der Waals surface area (Å²) in [6.45, 7) is 11.3. The molecule has 0 spiro atoms. The minimum Gasteiger partial charge on any atom is -0.492 e. The third-order valence-electron chi connectivity index (χ3n) is 2.98. The van der Waals surface area contributed by atoms with E-state index in [1.54, 1.807) is 0 Å². The third-order valence-corrected chi connectivity index (χ3v) is 3.26. The highest BCUT2D eigenvalue weighted by Gasteiger charge is 2.19. The van der Waals surface area contributed by atoms with E-state index in [1.165, 1.54) is 5.56 Å². The molecule has 116 valence electrons. The minimum atomic E-state index is 0. The van der Waals surface area contributed by atoms with Crippen molar-refractivity contribution < 1.29 is 4.74 Å². The zero-order valence-electron chi connectivity index (χ0n) is 13.1. The molecule has 0 aromatic heterocycles. The summed E-state index contributed by atoms with van der Waals surface area (Å²) in [5, 5.41) is 0.691. The SMILES string of the molecule is CCCOc1c(Cl)cc(C(C)(C)C)cc1CC(C)N.Cl. The normalized spacial score (nSPS) is 12.8. The molecule has 2 N–H and O–H groups in total. The molecule has 20 heavy (non-hydrogen) atoms. The van der Waals surface area contributed by atoms with Crippen molar-refractivity contribution in [3.63, 3.8) is 0 Å². The first-order valence-corrected chi connectivity index (χ1v) is 7.34. The molecule has 0 heterocycles. The van der Waals surface area contributed by atoms with Crippen LogP contribution in [-0.2, 0) is 11.8 Å². The molecule has 0 bridgehead atoms. The van der Waals surface area contributed by atoms with E-state index < -0.39 is 0 Å². The van der Waals surface area contributed by atoms with Crippen LogP contribution in [0.1, 0.15) is 52.2 Å². The molecule has 1 atom stereocenters. The molecule has 2 nitrogen and oxygen atoms in total. The second kappa shape index (κ2) is 8.11. The van der Waals surface area contributed by atoms with Gasteiger partial charge in [0.25, 0.3) is 0 Å². The highest BCUT2D eigenvalue weighted by molar-refractivity contribution is 6.32. The summed E-state index contributed by atoms with van der Waals surface area (Å²) >= 11 is 6.39. The highest BCUT2D eigenvalue weighted by atomic mass is 35.5. The number of halogens is 2. The van der Waals surface area contributed by atoms with Crippen LogP contribution in [0.4, 0.5) is 0 Å². The first-order chi connectivity index (χ1) is 8.75. The Morgan fingerprint density at radius 1 is 1.30 bits per heavy atom. The summed E-state index contributed by atoms with van der Waals surface area (Å²) in [7, 11) is 0. The van der Waals surface area contributed by atoms with Crippen LogP contribution in [0.15, 0.2) is 12.1 Å². The predicted molar refractivity (Wildman–Crippen MR) is 90.5 cm³/mol. The van der Waals surface area contributed by atoms with E-state index in [0.29, 0.717) is 11.6 Å². The molecule has 0 aliphatic rings. The molecule has 0 radical (unpaired) electrons. The number of ether oxygens (including phenoxy) is 1. The van der Waals surface area contributed by atoms with Crippen molar-refractivity contribution in [2.24, 2.45) is 5.73 Å². The van der Waals surface area contributed by atoms with Crippen molar-refractivity contribution in [1.82, 2.24) is 0 Å². The molecule has 0 aliphatic heterocycles. The Hall–Kier alpha value is -0.440. The Morgan fingerprint density at radius 2 is 1.90 bits per heavy atom. The van der Waals surface area contributed by atoms with Crippen LogP contribution in [0.5, 0.6) is 5.75 Å². The van der Waals surface area contributed by atoms with E-state index in [4.69, 9.17) is 22.1 Å². The van der Waals surface area contributed by atoms with Gasteiger partial charge in [0.2, 0.25) is 0 Å². The fourth-order valence-electron chi connectivity index (χ4n) is 1.95. The van der Waals surface area contributed by atoms with Gasteiger partial charge in [0, 0.05) is 6.04 Å². The van der Waals surface area contributed by atoms with Gasteiger partial charge in [-0.3, -0.25) is 0 Å². The lowest BCUT2D eigenvalue weighted by Gasteiger charge is -2.23. The fraction of sp³-hybridized carbons (Fsp3) is 0.625. The summed E-state index contributed by atoms with van der Waals surface area (Å²) < 4.78 is 5.80. The number of rotatable bonds is 5. The molecule has 1 aromatic carbocycles. The minimum absolute atomic E-state index is 0. The Bertz CT molecular complexity index is 425. The Morgan fingerprint density at radius 3 is 2.35 bits per heavy atom. The molecule has 0 saturated heterocycles. The van der Waals surface area contributed by atoms with Gasteiger partial charge < -0.3 is 10.5 Å². The predicted octanol–water partition coefficient (Wildman–Crippen LogP) is 4.74.